The minimum atomic E-state index is -0.349. The molecule has 2 aromatic carbocycles. The van der Waals surface area contributed by atoms with E-state index in [0.717, 1.165) is 38.3 Å². The Balaban J connectivity index is 1.60. The van der Waals surface area contributed by atoms with E-state index in [2.05, 4.69) is 35.2 Å². The van der Waals surface area contributed by atoms with Crippen LogP contribution >= 0.6 is 0 Å². The van der Waals surface area contributed by atoms with Crippen LogP contribution in [0, 0.1) is 10.1 Å². The van der Waals surface area contributed by atoms with E-state index in [1.165, 1.54) is 12.1 Å². The van der Waals surface area contributed by atoms with E-state index >= 15 is 0 Å². The summed E-state index contributed by atoms with van der Waals surface area (Å²) in [7, 11) is 0. The van der Waals surface area contributed by atoms with E-state index in [9.17, 15) is 10.1 Å². The maximum atomic E-state index is 10.7. The average Bonchev–Trinajstić information content (AvgIpc) is 2.81. The van der Waals surface area contributed by atoms with Gasteiger partial charge in [-0.1, -0.05) is 30.3 Å². The van der Waals surface area contributed by atoms with Crippen LogP contribution < -0.4 is 9.80 Å². The summed E-state index contributed by atoms with van der Waals surface area (Å²) in [6, 6.07) is 17.5. The molecule has 1 unspecified atom stereocenters. The molecule has 0 aliphatic carbocycles. The minimum absolute atomic E-state index is 0.153. The van der Waals surface area contributed by atoms with Gasteiger partial charge >= 0.3 is 0 Å². The van der Waals surface area contributed by atoms with Crippen molar-refractivity contribution in [2.24, 2.45) is 0 Å². The van der Waals surface area contributed by atoms with E-state index in [1.54, 1.807) is 17.0 Å². The van der Waals surface area contributed by atoms with Crippen LogP contribution in [0.1, 0.15) is 12.0 Å². The maximum Gasteiger partial charge on any atom is 0.269 e. The van der Waals surface area contributed by atoms with Gasteiger partial charge in [-0.2, -0.15) is 0 Å². The number of benzene rings is 2. The summed E-state index contributed by atoms with van der Waals surface area (Å²) >= 11 is 0. The van der Waals surface area contributed by atoms with Gasteiger partial charge in [0.15, 0.2) is 0 Å². The van der Waals surface area contributed by atoms with Crippen molar-refractivity contribution < 1.29 is 9.82 Å². The summed E-state index contributed by atoms with van der Waals surface area (Å²) < 4.78 is 0. The normalized spacial score (nSPS) is 18.4. The number of rotatable bonds is 4. The lowest BCUT2D eigenvalue weighted by Crippen LogP contribution is -3.11. The van der Waals surface area contributed by atoms with Crippen LogP contribution in [-0.2, 0) is 6.54 Å². The van der Waals surface area contributed by atoms with Gasteiger partial charge in [-0.15, -0.1) is 0 Å². The molecule has 1 heterocycles. The number of hydrogen-bond donors (Lipinski definition) is 1. The molecule has 23 heavy (non-hydrogen) atoms. The Morgan fingerprint density at radius 3 is 2.43 bits per heavy atom. The maximum absolute atomic E-state index is 10.7. The second-order valence-electron chi connectivity index (χ2n) is 6.03. The molecule has 0 saturated carbocycles. The number of nitro benzene ring substituents is 1. The first-order valence-corrected chi connectivity index (χ1v) is 8.09. The highest BCUT2D eigenvalue weighted by molar-refractivity contribution is 5.50. The van der Waals surface area contributed by atoms with Gasteiger partial charge in [0.2, 0.25) is 0 Å². The molecule has 0 radical (unpaired) electrons. The molecule has 2 aromatic rings. The highest BCUT2D eigenvalue weighted by Crippen LogP contribution is 2.19. The molecule has 1 saturated heterocycles. The van der Waals surface area contributed by atoms with Crippen LogP contribution in [0.4, 0.5) is 11.4 Å². The molecule has 3 rings (SSSR count). The SMILES string of the molecule is O=[N+]([O-])c1ccc(N2CCC[NH+](Cc3ccccc3)CC2)cc1. The molecule has 1 aliphatic heterocycles. The standard InChI is InChI=1S/C18H21N3O2/c22-21(23)18-9-7-17(8-10-18)20-12-4-11-19(13-14-20)15-16-5-2-1-3-6-16/h1-3,5-10H,4,11-15H2/p+1. The highest BCUT2D eigenvalue weighted by Gasteiger charge is 2.18. The molecule has 5 heteroatoms. The van der Waals surface area contributed by atoms with Crippen molar-refractivity contribution in [3.8, 4) is 0 Å². The molecule has 0 aromatic heterocycles. The van der Waals surface area contributed by atoms with Gasteiger partial charge in [-0.3, -0.25) is 10.1 Å². The fourth-order valence-electron chi connectivity index (χ4n) is 3.15. The molecule has 1 aliphatic rings. The zero-order valence-corrected chi connectivity index (χ0v) is 13.1. The Kier molecular flexibility index (Phi) is 4.88. The molecule has 0 bridgehead atoms. The van der Waals surface area contributed by atoms with Crippen molar-refractivity contribution in [3.05, 3.63) is 70.3 Å². The molecule has 0 amide bonds. The number of non-ortho nitro benzene ring substituents is 1. The third-order valence-electron chi connectivity index (χ3n) is 4.42. The first-order valence-electron chi connectivity index (χ1n) is 8.09. The Hall–Kier alpha value is -2.40. The summed E-state index contributed by atoms with van der Waals surface area (Å²) in [5.41, 5.74) is 2.61. The third kappa shape index (κ3) is 4.07. The molecule has 5 nitrogen and oxygen atoms in total. The van der Waals surface area contributed by atoms with E-state index in [0.29, 0.717) is 0 Å². The Morgan fingerprint density at radius 1 is 1.00 bits per heavy atom. The summed E-state index contributed by atoms with van der Waals surface area (Å²) in [5, 5.41) is 10.7. The average molecular weight is 312 g/mol. The van der Waals surface area contributed by atoms with E-state index in [1.807, 2.05) is 12.1 Å². The number of nitro groups is 1. The topological polar surface area (TPSA) is 50.8 Å². The van der Waals surface area contributed by atoms with Crippen molar-refractivity contribution >= 4 is 11.4 Å². The van der Waals surface area contributed by atoms with Gasteiger partial charge in [-0.05, 0) is 12.1 Å². The van der Waals surface area contributed by atoms with E-state index < -0.39 is 0 Å². The Bertz CT molecular complexity index is 643. The first kappa shape index (κ1) is 15.5. The van der Waals surface area contributed by atoms with Crippen LogP contribution in [-0.4, -0.2) is 31.1 Å². The number of hydrogen-bond acceptors (Lipinski definition) is 3. The molecule has 1 N–H and O–H groups in total. The zero-order valence-electron chi connectivity index (χ0n) is 13.1. The Morgan fingerprint density at radius 2 is 1.74 bits per heavy atom. The van der Waals surface area contributed by atoms with Crippen molar-refractivity contribution in [2.75, 3.05) is 31.1 Å². The van der Waals surface area contributed by atoms with Crippen LogP contribution in [0.15, 0.2) is 54.6 Å². The van der Waals surface area contributed by atoms with Crippen molar-refractivity contribution in [3.63, 3.8) is 0 Å². The summed E-state index contributed by atoms with van der Waals surface area (Å²) in [6.07, 6.45) is 1.14. The number of nitrogens with zero attached hydrogens (tertiary/aromatic N) is 2. The summed E-state index contributed by atoms with van der Waals surface area (Å²) in [4.78, 5) is 14.3. The van der Waals surface area contributed by atoms with Crippen LogP contribution in [0.2, 0.25) is 0 Å². The molecule has 0 spiro atoms. The lowest BCUT2D eigenvalue weighted by molar-refractivity contribution is -0.911. The molecule has 1 atom stereocenters. The molecular weight excluding hydrogens is 290 g/mol. The van der Waals surface area contributed by atoms with Gasteiger partial charge < -0.3 is 9.80 Å². The quantitative estimate of drug-likeness (QED) is 0.693. The fraction of sp³-hybridized carbons (Fsp3) is 0.333. The van der Waals surface area contributed by atoms with Gasteiger partial charge in [0.25, 0.3) is 5.69 Å². The smallest absolute Gasteiger partial charge is 0.269 e. The van der Waals surface area contributed by atoms with E-state index in [-0.39, 0.29) is 10.6 Å². The number of nitrogens with one attached hydrogen (secondary N) is 1. The molecule has 120 valence electrons. The molecular formula is C18H22N3O2+. The van der Waals surface area contributed by atoms with Crippen molar-refractivity contribution in [2.45, 2.75) is 13.0 Å². The van der Waals surface area contributed by atoms with Crippen molar-refractivity contribution in [1.82, 2.24) is 0 Å². The predicted molar refractivity (Wildman–Crippen MR) is 90.8 cm³/mol. The van der Waals surface area contributed by atoms with E-state index in [4.69, 9.17) is 0 Å². The van der Waals surface area contributed by atoms with Gasteiger partial charge in [0.1, 0.15) is 6.54 Å². The van der Waals surface area contributed by atoms with Gasteiger partial charge in [-0.25, -0.2) is 0 Å². The largest absolute Gasteiger partial charge is 0.366 e. The second kappa shape index (κ2) is 7.24. The second-order valence-corrected chi connectivity index (χ2v) is 6.03. The lowest BCUT2D eigenvalue weighted by atomic mass is 10.2. The first-order chi connectivity index (χ1) is 11.2. The third-order valence-corrected chi connectivity index (χ3v) is 4.42. The number of anilines is 1. The minimum Gasteiger partial charge on any atom is -0.366 e. The monoisotopic (exact) mass is 312 g/mol. The van der Waals surface area contributed by atoms with Gasteiger partial charge in [0.05, 0.1) is 24.6 Å². The predicted octanol–water partition coefficient (Wildman–Crippen LogP) is 1.89. The lowest BCUT2D eigenvalue weighted by Gasteiger charge is -2.22. The fourth-order valence-corrected chi connectivity index (χ4v) is 3.15. The summed E-state index contributed by atoms with van der Waals surface area (Å²) in [6.45, 7) is 5.31. The van der Waals surface area contributed by atoms with Gasteiger partial charge in [0, 0.05) is 36.3 Å². The van der Waals surface area contributed by atoms with Crippen LogP contribution in [0.25, 0.3) is 0 Å². The van der Waals surface area contributed by atoms with Crippen molar-refractivity contribution in [1.29, 1.82) is 0 Å². The highest BCUT2D eigenvalue weighted by atomic mass is 16.6. The Labute approximate surface area is 136 Å². The van der Waals surface area contributed by atoms with Crippen LogP contribution in [0.5, 0.6) is 0 Å². The zero-order chi connectivity index (χ0) is 16.1. The molecule has 1 fully saturated rings. The number of quaternary nitrogens is 1. The summed E-state index contributed by atoms with van der Waals surface area (Å²) in [5.74, 6) is 0. The van der Waals surface area contributed by atoms with Crippen LogP contribution in [0.3, 0.4) is 0 Å².